The lowest BCUT2D eigenvalue weighted by molar-refractivity contribution is 0.0995. The van der Waals surface area contributed by atoms with Gasteiger partial charge in [-0.1, -0.05) is 0 Å². The van der Waals surface area contributed by atoms with Crippen molar-refractivity contribution in [1.29, 1.82) is 0 Å². The molecule has 0 saturated carbocycles. The van der Waals surface area contributed by atoms with E-state index < -0.39 is 16.3 Å². The zero-order valence-electron chi connectivity index (χ0n) is 11.8. The number of rotatable bonds is 3. The Balaban J connectivity index is 0.00000242. The lowest BCUT2D eigenvalue weighted by Gasteiger charge is -2.08. The van der Waals surface area contributed by atoms with Crippen LogP contribution in [0.15, 0.2) is 29.3 Å². The predicted molar refractivity (Wildman–Crippen MR) is 74.5 cm³/mol. The van der Waals surface area contributed by atoms with Crippen molar-refractivity contribution in [2.45, 2.75) is 0 Å². The molecule has 2 rings (SSSR count). The van der Waals surface area contributed by atoms with Crippen LogP contribution < -0.4 is 15.7 Å². The lowest BCUT2D eigenvalue weighted by atomic mass is 10.2. The first-order valence-corrected chi connectivity index (χ1v) is 6.89. The van der Waals surface area contributed by atoms with Gasteiger partial charge in [-0.05, 0) is 24.3 Å². The van der Waals surface area contributed by atoms with Gasteiger partial charge in [0.1, 0.15) is 11.4 Å². The van der Waals surface area contributed by atoms with Crippen LogP contribution in [0.3, 0.4) is 0 Å². The van der Waals surface area contributed by atoms with Crippen molar-refractivity contribution in [3.05, 3.63) is 30.0 Å². The number of guanidine groups is 1. The molecule has 0 spiro atoms. The smallest absolute Gasteiger partial charge is 0.716 e. The summed E-state index contributed by atoms with van der Waals surface area (Å²) in [6.45, 7) is 0. The number of fused-ring (bicyclic) bond motifs is 1. The second kappa shape index (κ2) is 5.07. The Kier molecular flexibility index (Phi) is 3.58. The topological polar surface area (TPSA) is 153 Å². The van der Waals surface area contributed by atoms with E-state index in [1.54, 1.807) is 7.05 Å². The number of aliphatic imine (C=N–C) groups is 1. The van der Waals surface area contributed by atoms with E-state index >= 15 is 0 Å². The molecule has 1 aromatic heterocycles. The molecule has 0 bridgehead atoms. The highest BCUT2D eigenvalue weighted by atomic mass is 32.3. The molecule has 10 heteroatoms. The van der Waals surface area contributed by atoms with Crippen LogP contribution >= 0.6 is 0 Å². The molecule has 112 valence electrons. The van der Waals surface area contributed by atoms with Crippen LogP contribution in [-0.4, -0.2) is 29.4 Å². The molecule has 0 radical (unpaired) electrons. The molecule has 0 saturated heterocycles. The van der Waals surface area contributed by atoms with E-state index in [0.717, 1.165) is 0 Å². The van der Waals surface area contributed by atoms with Gasteiger partial charge in [-0.2, -0.15) is 4.99 Å². The summed E-state index contributed by atoms with van der Waals surface area (Å²) in [5, 5.41) is 0.493. The third-order valence-electron chi connectivity index (χ3n) is 2.66. The molecule has 1 heterocycles. The summed E-state index contributed by atoms with van der Waals surface area (Å²) in [5.41, 5.74) is 11.1. The van der Waals surface area contributed by atoms with Gasteiger partial charge in [-0.3, -0.25) is 4.79 Å². The van der Waals surface area contributed by atoms with Gasteiger partial charge in [0.15, 0.2) is 5.96 Å². The molecule has 1 amide bonds. The third-order valence-corrected chi connectivity index (χ3v) is 3.06. The molecule has 0 atom stereocenters. The lowest BCUT2D eigenvalue weighted by Crippen LogP contribution is -2.24. The number of hydrogen-bond donors (Lipinski definition) is 2. The Morgan fingerprint density at radius 2 is 2.05 bits per heavy atom. The Morgan fingerprint density at radius 1 is 1.38 bits per heavy atom. The Bertz CT molecular complexity index is 855. The van der Waals surface area contributed by atoms with Crippen molar-refractivity contribution in [3.63, 3.8) is 0 Å². The maximum Gasteiger partial charge on any atom is 1.00 e. The number of carbonyl (C=O) groups excluding carboxylic acids is 1. The van der Waals surface area contributed by atoms with Gasteiger partial charge in [-0.15, -0.1) is 0 Å². The fourth-order valence-corrected chi connectivity index (χ4v) is 2.22. The summed E-state index contributed by atoms with van der Waals surface area (Å²) >= 11 is 0. The van der Waals surface area contributed by atoms with Crippen LogP contribution in [0.4, 0.5) is 0 Å². The third kappa shape index (κ3) is 3.30. The van der Waals surface area contributed by atoms with Gasteiger partial charge in [0, 0.05) is 18.0 Å². The van der Waals surface area contributed by atoms with E-state index in [0.29, 0.717) is 10.9 Å². The van der Waals surface area contributed by atoms with E-state index in [-0.39, 0.29) is 18.8 Å². The van der Waals surface area contributed by atoms with Crippen LogP contribution in [0.5, 0.6) is 5.75 Å². The SMILES string of the molecule is Cn1c(C(=O)N=C(N)N)cc2cc(OS(=O)(=O)[O-])ccc21.[H+]. The maximum atomic E-state index is 11.8. The Labute approximate surface area is 121 Å². The Morgan fingerprint density at radius 3 is 2.62 bits per heavy atom. The number of benzene rings is 1. The average molecular weight is 312 g/mol. The highest BCUT2D eigenvalue weighted by Gasteiger charge is 2.14. The summed E-state index contributed by atoms with van der Waals surface area (Å²) in [7, 11) is -3.25. The minimum absolute atomic E-state index is 0. The monoisotopic (exact) mass is 312 g/mol. The first kappa shape index (κ1) is 14.8. The zero-order valence-corrected chi connectivity index (χ0v) is 11.6. The van der Waals surface area contributed by atoms with Crippen LogP contribution in [0, 0.1) is 0 Å². The summed E-state index contributed by atoms with van der Waals surface area (Å²) in [6.07, 6.45) is 0. The summed E-state index contributed by atoms with van der Waals surface area (Å²) in [6, 6.07) is 5.57. The quantitative estimate of drug-likeness (QED) is 0.336. The van der Waals surface area contributed by atoms with Gasteiger partial charge in [-0.25, -0.2) is 8.42 Å². The number of nitrogens with zero attached hydrogens (tertiary/aromatic N) is 2. The van der Waals surface area contributed by atoms with E-state index in [1.807, 2.05) is 0 Å². The second-order valence-corrected chi connectivity index (χ2v) is 5.13. The predicted octanol–water partition coefficient (Wildman–Crippen LogP) is -0.457. The number of hydrogen-bond acceptors (Lipinski definition) is 5. The standard InChI is InChI=1S/C11H12N4O5S/c1-15-8-3-2-7(20-21(17,18)19)4-6(8)5-9(15)10(16)14-11(12)13/h2-5H,1H3,(H,17,18,19)(H4,12,13,14,16). The van der Waals surface area contributed by atoms with Crippen LogP contribution in [-0.2, 0) is 17.4 Å². The molecule has 4 N–H and O–H groups in total. The molecular formula is C11H12N4O5S. The number of nitrogens with two attached hydrogens (primary N) is 2. The Hall–Kier alpha value is -2.59. The van der Waals surface area contributed by atoms with Crippen LogP contribution in [0.1, 0.15) is 11.9 Å². The fraction of sp³-hybridized carbons (Fsp3) is 0.0909. The van der Waals surface area contributed by atoms with Gasteiger partial charge >= 0.3 is 1.43 Å². The molecule has 21 heavy (non-hydrogen) atoms. The molecular weight excluding hydrogens is 300 g/mol. The summed E-state index contributed by atoms with van der Waals surface area (Å²) < 4.78 is 37.4. The molecule has 0 aliphatic heterocycles. The summed E-state index contributed by atoms with van der Waals surface area (Å²) in [4.78, 5) is 15.2. The molecule has 0 fully saturated rings. The highest BCUT2D eigenvalue weighted by molar-refractivity contribution is 7.81. The van der Waals surface area contributed by atoms with Crippen molar-refractivity contribution >= 4 is 33.2 Å². The molecule has 1 aromatic carbocycles. The number of carbonyl (C=O) groups is 1. The minimum Gasteiger partial charge on any atom is -0.716 e. The van der Waals surface area contributed by atoms with Crippen molar-refractivity contribution < 1.29 is 23.4 Å². The number of aromatic nitrogens is 1. The van der Waals surface area contributed by atoms with E-state index in [4.69, 9.17) is 11.5 Å². The van der Waals surface area contributed by atoms with Gasteiger partial charge < -0.3 is 24.8 Å². The van der Waals surface area contributed by atoms with Gasteiger partial charge in [0.25, 0.3) is 16.3 Å². The molecule has 0 aliphatic carbocycles. The van der Waals surface area contributed by atoms with Gasteiger partial charge in [0.05, 0.1) is 0 Å². The molecule has 0 aliphatic rings. The van der Waals surface area contributed by atoms with Crippen LogP contribution in [0.2, 0.25) is 0 Å². The summed E-state index contributed by atoms with van der Waals surface area (Å²) in [5.74, 6) is -1.16. The van der Waals surface area contributed by atoms with Crippen LogP contribution in [0.25, 0.3) is 10.9 Å². The largest absolute Gasteiger partial charge is 1.00 e. The normalized spacial score (nSPS) is 11.3. The second-order valence-electron chi connectivity index (χ2n) is 4.14. The average Bonchev–Trinajstić information content (AvgIpc) is 2.63. The number of aryl methyl sites for hydroxylation is 1. The minimum atomic E-state index is -4.86. The first-order chi connectivity index (χ1) is 9.67. The molecule has 2 aromatic rings. The van der Waals surface area contributed by atoms with Crippen molar-refractivity contribution in [2.24, 2.45) is 23.5 Å². The van der Waals surface area contributed by atoms with Gasteiger partial charge in [0.2, 0.25) is 0 Å². The molecule has 0 unspecified atom stereocenters. The van der Waals surface area contributed by atoms with E-state index in [2.05, 4.69) is 9.18 Å². The van der Waals surface area contributed by atoms with E-state index in [1.165, 1.54) is 28.8 Å². The highest BCUT2D eigenvalue weighted by Crippen LogP contribution is 2.25. The molecule has 9 nitrogen and oxygen atoms in total. The van der Waals surface area contributed by atoms with Crippen molar-refractivity contribution in [3.8, 4) is 5.75 Å². The van der Waals surface area contributed by atoms with Crippen molar-refractivity contribution in [2.75, 3.05) is 0 Å². The zero-order chi connectivity index (χ0) is 15.8. The van der Waals surface area contributed by atoms with Crippen molar-refractivity contribution in [1.82, 2.24) is 4.57 Å². The maximum absolute atomic E-state index is 11.8. The fourth-order valence-electron chi connectivity index (χ4n) is 1.88. The first-order valence-electron chi connectivity index (χ1n) is 5.56. The number of amides is 1. The van der Waals surface area contributed by atoms with E-state index in [9.17, 15) is 17.8 Å².